The van der Waals surface area contributed by atoms with Crippen molar-refractivity contribution < 1.29 is 9.59 Å². The minimum absolute atomic E-state index is 0.0418. The second-order valence-electron chi connectivity index (χ2n) is 7.68. The summed E-state index contributed by atoms with van der Waals surface area (Å²) in [4.78, 5) is 32.3. The van der Waals surface area contributed by atoms with Crippen LogP contribution in [0.4, 0.5) is 0 Å². The van der Waals surface area contributed by atoms with Crippen LogP contribution in [0.15, 0.2) is 79.1 Å². The van der Waals surface area contributed by atoms with Gasteiger partial charge in [0.1, 0.15) is 6.04 Å². The Kier molecular flexibility index (Phi) is 8.81. The van der Waals surface area contributed by atoms with E-state index in [0.717, 1.165) is 16.7 Å². The summed E-state index contributed by atoms with van der Waals surface area (Å²) < 4.78 is 0. The first kappa shape index (κ1) is 23.5. The first-order valence-corrected chi connectivity index (χ1v) is 11.2. The normalized spacial score (nSPS) is 11.6. The fourth-order valence-corrected chi connectivity index (χ4v) is 3.63. The molecule has 1 N–H and O–H groups in total. The highest BCUT2D eigenvalue weighted by Crippen LogP contribution is 2.18. The number of halogens is 1. The molecule has 3 rings (SSSR count). The van der Waals surface area contributed by atoms with Crippen molar-refractivity contribution in [3.05, 3.63) is 101 Å². The molecule has 1 atom stereocenters. The van der Waals surface area contributed by atoms with Crippen LogP contribution in [0.1, 0.15) is 36.5 Å². The van der Waals surface area contributed by atoms with E-state index in [1.807, 2.05) is 61.5 Å². The lowest BCUT2D eigenvalue weighted by molar-refractivity contribution is -0.141. The topological polar surface area (TPSA) is 62.3 Å². The van der Waals surface area contributed by atoms with E-state index in [9.17, 15) is 9.59 Å². The Labute approximate surface area is 194 Å². The first-order valence-electron chi connectivity index (χ1n) is 10.8. The van der Waals surface area contributed by atoms with E-state index in [1.165, 1.54) is 0 Å². The van der Waals surface area contributed by atoms with Gasteiger partial charge in [0.15, 0.2) is 0 Å². The summed E-state index contributed by atoms with van der Waals surface area (Å²) in [5.41, 5.74) is 2.83. The van der Waals surface area contributed by atoms with E-state index in [0.29, 0.717) is 37.4 Å². The Balaban J connectivity index is 1.87. The second kappa shape index (κ2) is 12.0. The molecule has 3 aromatic rings. The van der Waals surface area contributed by atoms with Crippen LogP contribution >= 0.6 is 11.6 Å². The molecule has 0 aliphatic rings. The zero-order valence-corrected chi connectivity index (χ0v) is 19.0. The third-order valence-corrected chi connectivity index (χ3v) is 5.44. The minimum atomic E-state index is -0.635. The van der Waals surface area contributed by atoms with Crippen LogP contribution in [0.3, 0.4) is 0 Å². The van der Waals surface area contributed by atoms with Crippen molar-refractivity contribution in [2.75, 3.05) is 0 Å². The summed E-state index contributed by atoms with van der Waals surface area (Å²) >= 11 is 6.03. The number of carbonyl (C=O) groups excluding carboxylic acids is 2. The van der Waals surface area contributed by atoms with Gasteiger partial charge in [-0.05, 0) is 41.3 Å². The molecule has 0 saturated heterocycles. The number of hydrogen-bond acceptors (Lipinski definition) is 3. The minimum Gasteiger partial charge on any atom is -0.350 e. The van der Waals surface area contributed by atoms with E-state index in [-0.39, 0.29) is 11.8 Å². The molecule has 0 radical (unpaired) electrons. The molecular weight excluding hydrogens is 422 g/mol. The molecule has 32 heavy (non-hydrogen) atoms. The van der Waals surface area contributed by atoms with Crippen LogP contribution in [-0.4, -0.2) is 27.7 Å². The van der Waals surface area contributed by atoms with E-state index >= 15 is 0 Å². The largest absolute Gasteiger partial charge is 0.350 e. The third kappa shape index (κ3) is 6.92. The van der Waals surface area contributed by atoms with Crippen LogP contribution in [0.5, 0.6) is 0 Å². The van der Waals surface area contributed by atoms with E-state index < -0.39 is 6.04 Å². The Morgan fingerprint density at radius 3 is 2.34 bits per heavy atom. The Bertz CT molecular complexity index is 995. The summed E-state index contributed by atoms with van der Waals surface area (Å²) in [6.07, 6.45) is 4.95. The fraction of sp³-hybridized carbons (Fsp3) is 0.269. The lowest BCUT2D eigenvalue weighted by Crippen LogP contribution is -2.50. The summed E-state index contributed by atoms with van der Waals surface area (Å²) in [5.74, 6) is -0.226. The second-order valence-corrected chi connectivity index (χ2v) is 8.12. The highest BCUT2D eigenvalue weighted by atomic mass is 35.5. The van der Waals surface area contributed by atoms with E-state index in [1.54, 1.807) is 29.4 Å². The molecule has 0 saturated carbocycles. The number of hydrogen-bond donors (Lipinski definition) is 1. The van der Waals surface area contributed by atoms with E-state index in [4.69, 9.17) is 11.6 Å². The molecule has 166 valence electrons. The van der Waals surface area contributed by atoms with Gasteiger partial charge in [-0.15, -0.1) is 0 Å². The molecule has 0 bridgehead atoms. The molecule has 0 fully saturated rings. The Morgan fingerprint density at radius 2 is 1.69 bits per heavy atom. The quantitative estimate of drug-likeness (QED) is 0.484. The van der Waals surface area contributed by atoms with Crippen LogP contribution in [0, 0.1) is 0 Å². The molecule has 0 unspecified atom stereocenters. The number of aromatic nitrogens is 1. The van der Waals surface area contributed by atoms with Crippen LogP contribution in [-0.2, 0) is 29.1 Å². The zero-order valence-electron chi connectivity index (χ0n) is 18.2. The Hall–Kier alpha value is -3.18. The third-order valence-electron chi connectivity index (χ3n) is 5.19. The monoisotopic (exact) mass is 449 g/mol. The molecule has 1 aromatic heterocycles. The number of carbonyl (C=O) groups is 2. The fourth-order valence-electron chi connectivity index (χ4n) is 3.51. The number of rotatable bonds is 10. The number of benzene rings is 2. The molecule has 2 amide bonds. The summed E-state index contributed by atoms with van der Waals surface area (Å²) in [5, 5.41) is 3.63. The van der Waals surface area contributed by atoms with E-state index in [2.05, 4.69) is 10.3 Å². The predicted octanol–water partition coefficient (Wildman–Crippen LogP) is 4.79. The SMILES string of the molecule is CCCC(=O)N(Cc1ccc(Cl)cc1)[C@@H](Cc1ccccc1)C(=O)NCc1cccnc1. The molecular formula is C26H28ClN3O2. The Morgan fingerprint density at radius 1 is 0.969 bits per heavy atom. The van der Waals surface area contributed by atoms with Crippen LogP contribution < -0.4 is 5.32 Å². The van der Waals surface area contributed by atoms with Crippen molar-refractivity contribution in [1.82, 2.24) is 15.2 Å². The molecule has 2 aromatic carbocycles. The van der Waals surface area contributed by atoms with Crippen molar-refractivity contribution in [1.29, 1.82) is 0 Å². The summed E-state index contributed by atoms with van der Waals surface area (Å²) in [6.45, 7) is 2.66. The molecule has 1 heterocycles. The van der Waals surface area contributed by atoms with Crippen molar-refractivity contribution >= 4 is 23.4 Å². The maximum atomic E-state index is 13.4. The highest BCUT2D eigenvalue weighted by molar-refractivity contribution is 6.30. The predicted molar refractivity (Wildman–Crippen MR) is 127 cm³/mol. The summed E-state index contributed by atoms with van der Waals surface area (Å²) in [7, 11) is 0. The maximum absolute atomic E-state index is 13.4. The van der Waals surface area contributed by atoms with Crippen LogP contribution in [0.25, 0.3) is 0 Å². The number of pyridine rings is 1. The molecule has 6 heteroatoms. The van der Waals surface area contributed by atoms with Gasteiger partial charge in [0.05, 0.1) is 0 Å². The lowest BCUT2D eigenvalue weighted by atomic mass is 10.0. The number of nitrogens with one attached hydrogen (secondary N) is 1. The highest BCUT2D eigenvalue weighted by Gasteiger charge is 2.29. The van der Waals surface area contributed by atoms with Gasteiger partial charge in [0.25, 0.3) is 0 Å². The van der Waals surface area contributed by atoms with Gasteiger partial charge in [-0.2, -0.15) is 0 Å². The molecule has 0 aliphatic heterocycles. The van der Waals surface area contributed by atoms with Crippen molar-refractivity contribution in [2.24, 2.45) is 0 Å². The maximum Gasteiger partial charge on any atom is 0.243 e. The van der Waals surface area contributed by atoms with Gasteiger partial charge < -0.3 is 10.2 Å². The standard InChI is InChI=1S/C26H28ClN3O2/c1-2-7-25(31)30(19-21-11-13-23(27)14-12-21)24(16-20-8-4-3-5-9-20)26(32)29-18-22-10-6-15-28-17-22/h3-6,8-15,17,24H,2,7,16,18-19H2,1H3,(H,29,32)/t24-/m0/s1. The van der Waals surface area contributed by atoms with Crippen molar-refractivity contribution in [3.63, 3.8) is 0 Å². The van der Waals surface area contributed by atoms with Crippen molar-refractivity contribution in [3.8, 4) is 0 Å². The first-order chi connectivity index (χ1) is 15.6. The lowest BCUT2D eigenvalue weighted by Gasteiger charge is -2.31. The van der Waals surface area contributed by atoms with Gasteiger partial charge in [-0.3, -0.25) is 14.6 Å². The number of nitrogens with zero attached hydrogens (tertiary/aromatic N) is 2. The molecule has 5 nitrogen and oxygen atoms in total. The van der Waals surface area contributed by atoms with Gasteiger partial charge in [0, 0.05) is 43.3 Å². The molecule has 0 spiro atoms. The zero-order chi connectivity index (χ0) is 22.8. The van der Waals surface area contributed by atoms with Gasteiger partial charge in [-0.1, -0.05) is 67.1 Å². The molecule has 0 aliphatic carbocycles. The van der Waals surface area contributed by atoms with Crippen molar-refractivity contribution in [2.45, 2.75) is 45.3 Å². The van der Waals surface area contributed by atoms with Gasteiger partial charge >= 0.3 is 0 Å². The van der Waals surface area contributed by atoms with Gasteiger partial charge in [-0.25, -0.2) is 0 Å². The average Bonchev–Trinajstić information content (AvgIpc) is 2.82. The average molecular weight is 450 g/mol. The van der Waals surface area contributed by atoms with Crippen LogP contribution in [0.2, 0.25) is 5.02 Å². The number of amides is 2. The van der Waals surface area contributed by atoms with Gasteiger partial charge in [0.2, 0.25) is 11.8 Å². The summed E-state index contributed by atoms with van der Waals surface area (Å²) in [6, 6.07) is 20.3. The smallest absolute Gasteiger partial charge is 0.243 e.